The molecule has 2 nitrogen and oxygen atoms in total. The largest absolute Gasteiger partial charge is 0.271 e. The number of halogens is 2. The normalized spacial score (nSPS) is 18.2. The minimum Gasteiger partial charge on any atom is -0.271 e. The lowest BCUT2D eigenvalue weighted by Crippen LogP contribution is -2.32. The van der Waals surface area contributed by atoms with Gasteiger partial charge in [0, 0.05) is 10.0 Å². The number of hydrogen-bond donors (Lipinski definition) is 2. The highest BCUT2D eigenvalue weighted by molar-refractivity contribution is 9.10. The molecule has 4 heteroatoms. The maximum absolute atomic E-state index is 13.7. The fourth-order valence-corrected chi connectivity index (χ4v) is 2.79. The van der Waals surface area contributed by atoms with Gasteiger partial charge in [-0.15, -0.1) is 0 Å². The highest BCUT2D eigenvalue weighted by Gasteiger charge is 2.25. The van der Waals surface area contributed by atoms with Gasteiger partial charge in [-0.05, 0) is 24.5 Å². The molecule has 0 radical (unpaired) electrons. The van der Waals surface area contributed by atoms with Gasteiger partial charge in [-0.25, -0.2) is 4.39 Å². The zero-order chi connectivity index (χ0) is 11.5. The first kappa shape index (κ1) is 12.0. The Morgan fingerprint density at radius 2 is 2.25 bits per heavy atom. The predicted molar refractivity (Wildman–Crippen MR) is 66.1 cm³/mol. The number of nitrogens with one attached hydrogen (secondary N) is 1. The molecule has 1 unspecified atom stereocenters. The van der Waals surface area contributed by atoms with Crippen LogP contribution in [0.2, 0.25) is 0 Å². The van der Waals surface area contributed by atoms with Gasteiger partial charge in [0.2, 0.25) is 0 Å². The molecule has 0 spiro atoms. The first-order valence-electron chi connectivity index (χ1n) is 5.62. The van der Waals surface area contributed by atoms with E-state index in [0.717, 1.165) is 10.9 Å². The van der Waals surface area contributed by atoms with Gasteiger partial charge in [-0.3, -0.25) is 11.3 Å². The van der Waals surface area contributed by atoms with E-state index in [4.69, 9.17) is 5.84 Å². The van der Waals surface area contributed by atoms with Crippen LogP contribution < -0.4 is 11.3 Å². The van der Waals surface area contributed by atoms with Crippen molar-refractivity contribution < 1.29 is 4.39 Å². The van der Waals surface area contributed by atoms with Crippen LogP contribution in [0.3, 0.4) is 0 Å². The van der Waals surface area contributed by atoms with E-state index < -0.39 is 0 Å². The van der Waals surface area contributed by atoms with E-state index in [1.165, 1.54) is 25.3 Å². The summed E-state index contributed by atoms with van der Waals surface area (Å²) in [6.45, 7) is 0. The lowest BCUT2D eigenvalue weighted by atomic mass is 9.79. The van der Waals surface area contributed by atoms with Crippen molar-refractivity contribution in [2.75, 3.05) is 0 Å². The first-order valence-corrected chi connectivity index (χ1v) is 6.41. The highest BCUT2D eigenvalue weighted by atomic mass is 79.9. The average Bonchev–Trinajstić information content (AvgIpc) is 2.19. The van der Waals surface area contributed by atoms with Crippen molar-refractivity contribution in [2.45, 2.75) is 31.7 Å². The lowest BCUT2D eigenvalue weighted by molar-refractivity contribution is 0.259. The molecule has 0 saturated heterocycles. The molecule has 3 N–H and O–H groups in total. The highest BCUT2D eigenvalue weighted by Crippen LogP contribution is 2.37. The van der Waals surface area contributed by atoms with Crippen molar-refractivity contribution in [1.29, 1.82) is 0 Å². The van der Waals surface area contributed by atoms with E-state index in [0.29, 0.717) is 11.5 Å². The Morgan fingerprint density at radius 1 is 1.50 bits per heavy atom. The maximum Gasteiger partial charge on any atom is 0.129 e. The Hall–Kier alpha value is -0.450. The third kappa shape index (κ3) is 2.44. The minimum atomic E-state index is -0.198. The SMILES string of the molecule is NNC(CC1CCC1)c1c(F)cccc1Br. The minimum absolute atomic E-state index is 0.0964. The molecule has 0 amide bonds. The molecule has 1 aromatic rings. The van der Waals surface area contributed by atoms with Crippen LogP contribution in [0.1, 0.15) is 37.3 Å². The van der Waals surface area contributed by atoms with Crippen molar-refractivity contribution in [3.05, 3.63) is 34.1 Å². The molecule has 1 aliphatic rings. The van der Waals surface area contributed by atoms with Crippen LogP contribution >= 0.6 is 15.9 Å². The van der Waals surface area contributed by atoms with Gasteiger partial charge in [0.25, 0.3) is 0 Å². The van der Waals surface area contributed by atoms with Crippen LogP contribution in [0.25, 0.3) is 0 Å². The molecule has 2 rings (SSSR count). The van der Waals surface area contributed by atoms with Gasteiger partial charge < -0.3 is 0 Å². The summed E-state index contributed by atoms with van der Waals surface area (Å²) in [6, 6.07) is 4.93. The number of nitrogens with two attached hydrogens (primary N) is 1. The summed E-state index contributed by atoms with van der Waals surface area (Å²) in [5.41, 5.74) is 3.38. The molecule has 1 aromatic carbocycles. The Kier molecular flexibility index (Phi) is 3.95. The Labute approximate surface area is 104 Å². The van der Waals surface area contributed by atoms with Crippen LogP contribution in [-0.2, 0) is 0 Å². The van der Waals surface area contributed by atoms with E-state index >= 15 is 0 Å². The molecular weight excluding hydrogens is 271 g/mol. The summed E-state index contributed by atoms with van der Waals surface area (Å²) in [5, 5.41) is 0. The summed E-state index contributed by atoms with van der Waals surface area (Å²) in [4.78, 5) is 0. The quantitative estimate of drug-likeness (QED) is 0.659. The molecule has 1 saturated carbocycles. The fourth-order valence-electron chi connectivity index (χ4n) is 2.17. The molecule has 0 bridgehead atoms. The van der Waals surface area contributed by atoms with Gasteiger partial charge in [-0.2, -0.15) is 0 Å². The van der Waals surface area contributed by atoms with Gasteiger partial charge in [0.05, 0.1) is 6.04 Å². The molecule has 88 valence electrons. The maximum atomic E-state index is 13.7. The molecule has 0 aromatic heterocycles. The second kappa shape index (κ2) is 5.25. The summed E-state index contributed by atoms with van der Waals surface area (Å²) < 4.78 is 14.5. The van der Waals surface area contributed by atoms with Crippen molar-refractivity contribution in [2.24, 2.45) is 11.8 Å². The second-order valence-electron chi connectivity index (χ2n) is 4.39. The molecule has 16 heavy (non-hydrogen) atoms. The Bertz CT molecular complexity index is 346. The molecule has 0 aliphatic heterocycles. The molecule has 1 aliphatic carbocycles. The van der Waals surface area contributed by atoms with Crippen molar-refractivity contribution in [1.82, 2.24) is 5.43 Å². The van der Waals surface area contributed by atoms with Crippen LogP contribution in [0.5, 0.6) is 0 Å². The molecule has 1 fully saturated rings. The zero-order valence-corrected chi connectivity index (χ0v) is 10.6. The van der Waals surface area contributed by atoms with Gasteiger partial charge in [-0.1, -0.05) is 41.3 Å². The third-order valence-electron chi connectivity index (χ3n) is 3.34. The number of hydrazine groups is 1. The third-order valence-corrected chi connectivity index (χ3v) is 4.03. The van der Waals surface area contributed by atoms with E-state index in [1.54, 1.807) is 6.07 Å². The van der Waals surface area contributed by atoms with Crippen LogP contribution in [-0.4, -0.2) is 0 Å². The summed E-state index contributed by atoms with van der Waals surface area (Å²) in [6.07, 6.45) is 4.69. The van der Waals surface area contributed by atoms with Gasteiger partial charge in [0.15, 0.2) is 0 Å². The first-order chi connectivity index (χ1) is 7.72. The fraction of sp³-hybridized carbons (Fsp3) is 0.500. The van der Waals surface area contributed by atoms with Crippen LogP contribution in [0.4, 0.5) is 4.39 Å². The number of rotatable bonds is 4. The monoisotopic (exact) mass is 286 g/mol. The summed E-state index contributed by atoms with van der Waals surface area (Å²) >= 11 is 3.38. The predicted octanol–water partition coefficient (Wildman–Crippen LogP) is 3.28. The van der Waals surface area contributed by atoms with Crippen molar-refractivity contribution >= 4 is 15.9 Å². The number of hydrogen-bond acceptors (Lipinski definition) is 2. The topological polar surface area (TPSA) is 38.0 Å². The van der Waals surface area contributed by atoms with Crippen LogP contribution in [0.15, 0.2) is 22.7 Å². The lowest BCUT2D eigenvalue weighted by Gasteiger charge is -2.30. The Balaban J connectivity index is 2.17. The Morgan fingerprint density at radius 3 is 2.75 bits per heavy atom. The average molecular weight is 287 g/mol. The summed E-state index contributed by atoms with van der Waals surface area (Å²) in [7, 11) is 0. The van der Waals surface area contributed by atoms with Gasteiger partial charge in [0.1, 0.15) is 5.82 Å². The van der Waals surface area contributed by atoms with E-state index in [2.05, 4.69) is 21.4 Å². The number of benzene rings is 1. The van der Waals surface area contributed by atoms with Crippen molar-refractivity contribution in [3.8, 4) is 0 Å². The molecular formula is C12H16BrFN2. The van der Waals surface area contributed by atoms with E-state index in [1.807, 2.05) is 6.07 Å². The van der Waals surface area contributed by atoms with E-state index in [-0.39, 0.29) is 11.9 Å². The van der Waals surface area contributed by atoms with E-state index in [9.17, 15) is 4.39 Å². The molecule has 1 atom stereocenters. The van der Waals surface area contributed by atoms with Crippen LogP contribution in [0, 0.1) is 11.7 Å². The summed E-state index contributed by atoms with van der Waals surface area (Å²) in [5.74, 6) is 6.02. The smallest absolute Gasteiger partial charge is 0.129 e. The zero-order valence-electron chi connectivity index (χ0n) is 9.05. The second-order valence-corrected chi connectivity index (χ2v) is 5.24. The molecule has 0 heterocycles. The van der Waals surface area contributed by atoms with Crippen molar-refractivity contribution in [3.63, 3.8) is 0 Å². The van der Waals surface area contributed by atoms with Gasteiger partial charge >= 0.3 is 0 Å². The standard InChI is InChI=1S/C12H16BrFN2/c13-9-5-2-6-10(14)12(9)11(16-15)7-8-3-1-4-8/h2,5-6,8,11,16H,1,3-4,7,15H2.